The van der Waals surface area contributed by atoms with Crippen LogP contribution in [0, 0.1) is 0 Å². The fraction of sp³-hybridized carbons (Fsp3) is 0.375. The Morgan fingerprint density at radius 2 is 1.95 bits per heavy atom. The first-order valence-electron chi connectivity index (χ1n) is 7.01. The maximum atomic E-state index is 6.07. The molecule has 0 spiro atoms. The van der Waals surface area contributed by atoms with E-state index >= 15 is 0 Å². The molecule has 4 nitrogen and oxygen atoms in total. The lowest BCUT2D eigenvalue weighted by molar-refractivity contribution is 0.643. The summed E-state index contributed by atoms with van der Waals surface area (Å²) in [5, 5.41) is 0. The van der Waals surface area contributed by atoms with E-state index in [2.05, 4.69) is 27.9 Å². The van der Waals surface area contributed by atoms with Crippen LogP contribution in [-0.4, -0.2) is 23.1 Å². The molecule has 4 heteroatoms. The molecule has 2 aromatic heterocycles. The van der Waals surface area contributed by atoms with Crippen LogP contribution in [0.3, 0.4) is 0 Å². The van der Waals surface area contributed by atoms with Gasteiger partial charge in [-0.1, -0.05) is 19.1 Å². The molecule has 0 bridgehead atoms. The predicted octanol–water partition coefficient (Wildman–Crippen LogP) is 2.39. The minimum atomic E-state index is 0.182. The van der Waals surface area contributed by atoms with Gasteiger partial charge in [0.05, 0.1) is 12.2 Å². The molecule has 2 N–H and O–H groups in total. The topological polar surface area (TPSA) is 55.0 Å². The standard InChI is InChI=1S/C16H22N4/c1-3-14(17)11-13-7-6-10-19-16(13)20(2)12-15-8-4-5-9-18-15/h4-10,14H,3,11-12,17H2,1-2H3. The fourth-order valence-corrected chi connectivity index (χ4v) is 2.17. The molecule has 106 valence electrons. The Balaban J connectivity index is 2.15. The van der Waals surface area contributed by atoms with Crippen LogP contribution in [-0.2, 0) is 13.0 Å². The van der Waals surface area contributed by atoms with Gasteiger partial charge in [0.15, 0.2) is 0 Å². The monoisotopic (exact) mass is 270 g/mol. The van der Waals surface area contributed by atoms with Gasteiger partial charge in [0, 0.05) is 25.5 Å². The predicted molar refractivity (Wildman–Crippen MR) is 82.6 cm³/mol. The largest absolute Gasteiger partial charge is 0.354 e. The summed E-state index contributed by atoms with van der Waals surface area (Å²) in [4.78, 5) is 11.0. The molecule has 0 amide bonds. The maximum absolute atomic E-state index is 6.07. The molecule has 0 radical (unpaired) electrons. The first kappa shape index (κ1) is 14.5. The third kappa shape index (κ3) is 3.78. The Morgan fingerprint density at radius 1 is 1.15 bits per heavy atom. The number of pyridine rings is 2. The highest BCUT2D eigenvalue weighted by molar-refractivity contribution is 5.46. The Bertz CT molecular complexity index is 527. The molecule has 0 saturated heterocycles. The van der Waals surface area contributed by atoms with E-state index in [4.69, 9.17) is 5.73 Å². The van der Waals surface area contributed by atoms with Crippen LogP contribution in [0.2, 0.25) is 0 Å². The first-order chi connectivity index (χ1) is 9.70. The van der Waals surface area contributed by atoms with E-state index in [9.17, 15) is 0 Å². The van der Waals surface area contributed by atoms with Crippen LogP contribution in [0.15, 0.2) is 42.7 Å². The fourth-order valence-electron chi connectivity index (χ4n) is 2.17. The Kier molecular flexibility index (Phi) is 5.07. The summed E-state index contributed by atoms with van der Waals surface area (Å²) in [6.45, 7) is 2.85. The highest BCUT2D eigenvalue weighted by atomic mass is 15.2. The minimum Gasteiger partial charge on any atom is -0.354 e. The van der Waals surface area contributed by atoms with Gasteiger partial charge in [-0.2, -0.15) is 0 Å². The third-order valence-electron chi connectivity index (χ3n) is 3.36. The Morgan fingerprint density at radius 3 is 2.65 bits per heavy atom. The van der Waals surface area contributed by atoms with E-state index in [1.165, 1.54) is 5.56 Å². The van der Waals surface area contributed by atoms with Gasteiger partial charge in [-0.05, 0) is 36.6 Å². The van der Waals surface area contributed by atoms with E-state index < -0.39 is 0 Å². The van der Waals surface area contributed by atoms with Crippen LogP contribution >= 0.6 is 0 Å². The van der Waals surface area contributed by atoms with Crippen LogP contribution < -0.4 is 10.6 Å². The molecular formula is C16H22N4. The number of nitrogens with two attached hydrogens (primary N) is 1. The summed E-state index contributed by atoms with van der Waals surface area (Å²) in [5.41, 5.74) is 8.30. The molecule has 1 atom stereocenters. The Labute approximate surface area is 120 Å². The van der Waals surface area contributed by atoms with Crippen molar-refractivity contribution in [2.45, 2.75) is 32.4 Å². The first-order valence-corrected chi connectivity index (χ1v) is 7.01. The average Bonchev–Trinajstić information content (AvgIpc) is 2.48. The normalized spacial score (nSPS) is 12.2. The third-order valence-corrected chi connectivity index (χ3v) is 3.36. The minimum absolute atomic E-state index is 0.182. The van der Waals surface area contributed by atoms with Crippen molar-refractivity contribution in [3.05, 3.63) is 54.0 Å². The summed E-state index contributed by atoms with van der Waals surface area (Å²) in [6, 6.07) is 10.2. The van der Waals surface area contributed by atoms with Crippen molar-refractivity contribution in [2.75, 3.05) is 11.9 Å². The van der Waals surface area contributed by atoms with Crippen LogP contribution in [0.1, 0.15) is 24.6 Å². The molecular weight excluding hydrogens is 248 g/mol. The highest BCUT2D eigenvalue weighted by Crippen LogP contribution is 2.19. The average molecular weight is 270 g/mol. The molecule has 2 rings (SSSR count). The lowest BCUT2D eigenvalue weighted by atomic mass is 10.1. The second-order valence-corrected chi connectivity index (χ2v) is 5.04. The van der Waals surface area contributed by atoms with Gasteiger partial charge in [0.25, 0.3) is 0 Å². The number of nitrogens with zero attached hydrogens (tertiary/aromatic N) is 3. The molecule has 0 aliphatic carbocycles. The van der Waals surface area contributed by atoms with Crippen molar-refractivity contribution in [1.82, 2.24) is 9.97 Å². The SMILES string of the molecule is CCC(N)Cc1cccnc1N(C)Cc1ccccn1. The van der Waals surface area contributed by atoms with E-state index in [0.717, 1.165) is 30.9 Å². The van der Waals surface area contributed by atoms with Crippen LogP contribution in [0.5, 0.6) is 0 Å². The van der Waals surface area contributed by atoms with Crippen LogP contribution in [0.25, 0.3) is 0 Å². The number of aromatic nitrogens is 2. The summed E-state index contributed by atoms with van der Waals surface area (Å²) >= 11 is 0. The summed E-state index contributed by atoms with van der Waals surface area (Å²) in [5.74, 6) is 0.988. The lowest BCUT2D eigenvalue weighted by Crippen LogP contribution is -2.25. The smallest absolute Gasteiger partial charge is 0.131 e. The van der Waals surface area contributed by atoms with E-state index in [-0.39, 0.29) is 6.04 Å². The second-order valence-electron chi connectivity index (χ2n) is 5.04. The van der Waals surface area contributed by atoms with Crippen LogP contribution in [0.4, 0.5) is 5.82 Å². The van der Waals surface area contributed by atoms with Crippen molar-refractivity contribution < 1.29 is 0 Å². The molecule has 20 heavy (non-hydrogen) atoms. The molecule has 0 saturated carbocycles. The number of hydrogen-bond donors (Lipinski definition) is 1. The summed E-state index contributed by atoms with van der Waals surface area (Å²) in [6.07, 6.45) is 5.46. The zero-order chi connectivity index (χ0) is 14.4. The number of rotatable bonds is 6. The molecule has 0 aliphatic heterocycles. The van der Waals surface area contributed by atoms with Crippen molar-refractivity contribution in [3.63, 3.8) is 0 Å². The van der Waals surface area contributed by atoms with Gasteiger partial charge in [-0.25, -0.2) is 4.98 Å². The second kappa shape index (κ2) is 7.01. The van der Waals surface area contributed by atoms with E-state index in [1.807, 2.05) is 43.7 Å². The molecule has 2 aromatic rings. The number of anilines is 1. The maximum Gasteiger partial charge on any atom is 0.131 e. The van der Waals surface area contributed by atoms with Gasteiger partial charge in [0.1, 0.15) is 5.82 Å². The van der Waals surface area contributed by atoms with Gasteiger partial charge >= 0.3 is 0 Å². The van der Waals surface area contributed by atoms with Crippen molar-refractivity contribution in [3.8, 4) is 0 Å². The number of hydrogen-bond acceptors (Lipinski definition) is 4. The zero-order valence-corrected chi connectivity index (χ0v) is 12.2. The Hall–Kier alpha value is -1.94. The summed E-state index contributed by atoms with van der Waals surface area (Å²) in [7, 11) is 2.04. The molecule has 1 unspecified atom stereocenters. The van der Waals surface area contributed by atoms with Crippen molar-refractivity contribution in [2.24, 2.45) is 5.73 Å². The van der Waals surface area contributed by atoms with Crippen molar-refractivity contribution in [1.29, 1.82) is 0 Å². The zero-order valence-electron chi connectivity index (χ0n) is 12.2. The lowest BCUT2D eigenvalue weighted by Gasteiger charge is -2.21. The van der Waals surface area contributed by atoms with Gasteiger partial charge in [-0.3, -0.25) is 4.98 Å². The van der Waals surface area contributed by atoms with Gasteiger partial charge in [0.2, 0.25) is 0 Å². The molecule has 2 heterocycles. The molecule has 0 aliphatic rings. The highest BCUT2D eigenvalue weighted by Gasteiger charge is 2.11. The van der Waals surface area contributed by atoms with Gasteiger partial charge in [-0.15, -0.1) is 0 Å². The van der Waals surface area contributed by atoms with E-state index in [0.29, 0.717) is 0 Å². The quantitative estimate of drug-likeness (QED) is 0.875. The van der Waals surface area contributed by atoms with E-state index in [1.54, 1.807) is 0 Å². The van der Waals surface area contributed by atoms with Crippen molar-refractivity contribution >= 4 is 5.82 Å². The molecule has 0 aromatic carbocycles. The van der Waals surface area contributed by atoms with Gasteiger partial charge < -0.3 is 10.6 Å². The molecule has 0 fully saturated rings. The summed E-state index contributed by atoms with van der Waals surface area (Å²) < 4.78 is 0.